The molecular formula is C12H22N6O. The van der Waals surface area contributed by atoms with E-state index in [0.29, 0.717) is 24.4 Å². The number of hydrogen-bond acceptors (Lipinski definition) is 7. The van der Waals surface area contributed by atoms with E-state index >= 15 is 0 Å². The van der Waals surface area contributed by atoms with Gasteiger partial charge in [-0.3, -0.25) is 0 Å². The van der Waals surface area contributed by atoms with Crippen molar-refractivity contribution in [3.05, 3.63) is 0 Å². The van der Waals surface area contributed by atoms with Gasteiger partial charge < -0.3 is 20.6 Å². The third-order valence-electron chi connectivity index (χ3n) is 3.36. The first kappa shape index (κ1) is 13.8. The number of hydrogen-bond donors (Lipinski definition) is 2. The summed E-state index contributed by atoms with van der Waals surface area (Å²) in [6, 6.07) is 0.461. The second-order valence-electron chi connectivity index (χ2n) is 5.04. The van der Waals surface area contributed by atoms with E-state index in [2.05, 4.69) is 19.9 Å². The summed E-state index contributed by atoms with van der Waals surface area (Å²) < 4.78 is 0. The predicted molar refractivity (Wildman–Crippen MR) is 75.3 cm³/mol. The summed E-state index contributed by atoms with van der Waals surface area (Å²) in [5.41, 5.74) is 5.76. The fraction of sp³-hybridized carbons (Fsp3) is 0.750. The second kappa shape index (κ2) is 6.01. The molecule has 1 heterocycles. The van der Waals surface area contributed by atoms with E-state index in [1.807, 2.05) is 19.0 Å². The second-order valence-corrected chi connectivity index (χ2v) is 5.04. The Bertz CT molecular complexity index is 421. The summed E-state index contributed by atoms with van der Waals surface area (Å²) in [6.07, 6.45) is 4.24. The quantitative estimate of drug-likeness (QED) is 0.763. The Balaban J connectivity index is 2.24. The number of nitrogens with two attached hydrogens (primary N) is 1. The minimum absolute atomic E-state index is 0.171. The number of aromatic nitrogens is 3. The smallest absolute Gasteiger partial charge is 0.232 e. The summed E-state index contributed by atoms with van der Waals surface area (Å²) in [7, 11) is 3.75. The van der Waals surface area contributed by atoms with Crippen molar-refractivity contribution in [1.29, 1.82) is 0 Å². The van der Waals surface area contributed by atoms with Crippen molar-refractivity contribution >= 4 is 17.8 Å². The van der Waals surface area contributed by atoms with E-state index in [1.165, 1.54) is 6.42 Å². The fourth-order valence-corrected chi connectivity index (χ4v) is 2.08. The van der Waals surface area contributed by atoms with Crippen LogP contribution in [0.25, 0.3) is 0 Å². The van der Waals surface area contributed by atoms with Crippen LogP contribution in [0.1, 0.15) is 25.7 Å². The summed E-state index contributed by atoms with van der Waals surface area (Å²) in [5.74, 6) is 1.42. The SMILES string of the molecule is CN(C)c1nc(N)nc(N(CCCO)C2CCC2)n1. The third-order valence-corrected chi connectivity index (χ3v) is 3.36. The van der Waals surface area contributed by atoms with E-state index in [0.717, 1.165) is 19.4 Å². The molecule has 1 fully saturated rings. The van der Waals surface area contributed by atoms with Crippen molar-refractivity contribution in [2.24, 2.45) is 0 Å². The molecule has 0 amide bonds. The standard InChI is InChI=1S/C12H22N6O/c1-17(2)11-14-10(13)15-12(16-11)18(7-4-8-19)9-5-3-6-9/h9,19H,3-8H2,1-2H3,(H2,13,14,15,16). The minimum Gasteiger partial charge on any atom is -0.396 e. The Morgan fingerprint density at radius 2 is 1.89 bits per heavy atom. The maximum atomic E-state index is 9.02. The van der Waals surface area contributed by atoms with Gasteiger partial charge in [-0.2, -0.15) is 15.0 Å². The topological polar surface area (TPSA) is 91.4 Å². The van der Waals surface area contributed by atoms with Crippen LogP contribution < -0.4 is 15.5 Å². The molecule has 1 aliphatic carbocycles. The lowest BCUT2D eigenvalue weighted by Gasteiger charge is -2.37. The summed E-state index contributed by atoms with van der Waals surface area (Å²) >= 11 is 0. The Morgan fingerprint density at radius 3 is 2.42 bits per heavy atom. The van der Waals surface area contributed by atoms with Gasteiger partial charge in [0.2, 0.25) is 17.8 Å². The molecule has 7 heteroatoms. The predicted octanol–water partition coefficient (Wildman–Crippen LogP) is 0.261. The Hall–Kier alpha value is -1.63. The monoisotopic (exact) mass is 266 g/mol. The van der Waals surface area contributed by atoms with E-state index in [9.17, 15) is 0 Å². The molecule has 7 nitrogen and oxygen atoms in total. The molecule has 19 heavy (non-hydrogen) atoms. The van der Waals surface area contributed by atoms with Crippen LogP contribution >= 0.6 is 0 Å². The van der Waals surface area contributed by atoms with E-state index in [1.54, 1.807) is 0 Å². The van der Waals surface area contributed by atoms with Crippen LogP contribution in [0.5, 0.6) is 0 Å². The number of rotatable bonds is 6. The Kier molecular flexibility index (Phi) is 4.36. The first-order valence-corrected chi connectivity index (χ1v) is 6.68. The van der Waals surface area contributed by atoms with Crippen molar-refractivity contribution in [3.63, 3.8) is 0 Å². The molecule has 3 N–H and O–H groups in total. The van der Waals surface area contributed by atoms with E-state index in [-0.39, 0.29) is 12.6 Å². The van der Waals surface area contributed by atoms with E-state index < -0.39 is 0 Å². The maximum absolute atomic E-state index is 9.02. The molecule has 0 radical (unpaired) electrons. The normalized spacial score (nSPS) is 15.1. The third kappa shape index (κ3) is 3.23. The average molecular weight is 266 g/mol. The van der Waals surface area contributed by atoms with Gasteiger partial charge in [-0.1, -0.05) is 0 Å². The molecule has 106 valence electrons. The zero-order chi connectivity index (χ0) is 13.8. The van der Waals surface area contributed by atoms with Gasteiger partial charge in [0.05, 0.1) is 0 Å². The molecule has 0 aromatic carbocycles. The number of aliphatic hydroxyl groups excluding tert-OH is 1. The molecule has 0 aliphatic heterocycles. The van der Waals surface area contributed by atoms with E-state index in [4.69, 9.17) is 10.8 Å². The molecular weight excluding hydrogens is 244 g/mol. The van der Waals surface area contributed by atoms with Gasteiger partial charge in [0.1, 0.15) is 0 Å². The average Bonchev–Trinajstić information content (AvgIpc) is 2.31. The lowest BCUT2D eigenvalue weighted by molar-refractivity contribution is 0.282. The molecule has 0 saturated heterocycles. The van der Waals surface area contributed by atoms with Gasteiger partial charge in [0.25, 0.3) is 0 Å². The highest BCUT2D eigenvalue weighted by molar-refractivity contribution is 5.43. The first-order chi connectivity index (χ1) is 9.11. The highest BCUT2D eigenvalue weighted by Crippen LogP contribution is 2.28. The molecule has 0 spiro atoms. The van der Waals surface area contributed by atoms with Crippen LogP contribution in [0.2, 0.25) is 0 Å². The molecule has 1 saturated carbocycles. The molecule has 0 unspecified atom stereocenters. The fourth-order valence-electron chi connectivity index (χ4n) is 2.08. The van der Waals surface area contributed by atoms with Crippen LogP contribution in [-0.2, 0) is 0 Å². The lowest BCUT2D eigenvalue weighted by atomic mass is 9.91. The molecule has 2 rings (SSSR count). The van der Waals surface area contributed by atoms with Gasteiger partial charge in [-0.15, -0.1) is 0 Å². The van der Waals surface area contributed by atoms with Crippen LogP contribution in [0.4, 0.5) is 17.8 Å². The van der Waals surface area contributed by atoms with Crippen LogP contribution in [0.3, 0.4) is 0 Å². The zero-order valence-electron chi connectivity index (χ0n) is 11.6. The zero-order valence-corrected chi connectivity index (χ0v) is 11.6. The maximum Gasteiger partial charge on any atom is 0.232 e. The molecule has 0 atom stereocenters. The summed E-state index contributed by atoms with van der Waals surface area (Å²) in [6.45, 7) is 0.918. The number of aliphatic hydroxyl groups is 1. The molecule has 1 aromatic rings. The lowest BCUT2D eigenvalue weighted by Crippen LogP contribution is -2.42. The van der Waals surface area contributed by atoms with Gasteiger partial charge in [0, 0.05) is 33.3 Å². The highest BCUT2D eigenvalue weighted by atomic mass is 16.3. The molecule has 0 bridgehead atoms. The largest absolute Gasteiger partial charge is 0.396 e. The number of nitrogens with zero attached hydrogens (tertiary/aromatic N) is 5. The molecule has 1 aliphatic rings. The van der Waals surface area contributed by atoms with Gasteiger partial charge in [0.15, 0.2) is 0 Å². The van der Waals surface area contributed by atoms with Gasteiger partial charge in [-0.25, -0.2) is 0 Å². The van der Waals surface area contributed by atoms with Crippen LogP contribution in [0, 0.1) is 0 Å². The van der Waals surface area contributed by atoms with Crippen LogP contribution in [0.15, 0.2) is 0 Å². The summed E-state index contributed by atoms with van der Waals surface area (Å²) in [5, 5.41) is 9.02. The molecule has 1 aromatic heterocycles. The van der Waals surface area contributed by atoms with Gasteiger partial charge >= 0.3 is 0 Å². The van der Waals surface area contributed by atoms with Crippen molar-refractivity contribution in [1.82, 2.24) is 15.0 Å². The highest BCUT2D eigenvalue weighted by Gasteiger charge is 2.27. The minimum atomic E-state index is 0.171. The van der Waals surface area contributed by atoms with Crippen LogP contribution in [-0.4, -0.2) is 53.3 Å². The Morgan fingerprint density at radius 1 is 1.21 bits per heavy atom. The summed E-state index contributed by atoms with van der Waals surface area (Å²) in [4.78, 5) is 16.8. The van der Waals surface area contributed by atoms with Gasteiger partial charge in [-0.05, 0) is 25.7 Å². The Labute approximate surface area is 113 Å². The van der Waals surface area contributed by atoms with Crippen molar-refractivity contribution in [2.45, 2.75) is 31.7 Å². The number of anilines is 3. The van der Waals surface area contributed by atoms with Crippen molar-refractivity contribution in [2.75, 3.05) is 42.8 Å². The van der Waals surface area contributed by atoms with Crippen molar-refractivity contribution in [3.8, 4) is 0 Å². The first-order valence-electron chi connectivity index (χ1n) is 6.68. The van der Waals surface area contributed by atoms with Crippen molar-refractivity contribution < 1.29 is 5.11 Å². The number of nitrogen functional groups attached to an aromatic ring is 1.